The molecular formula is C22H34ClN5O. The van der Waals surface area contributed by atoms with E-state index in [1.165, 1.54) is 18.5 Å². The fraction of sp³-hybridized carbons (Fsp3) is 0.682. The Kier molecular flexibility index (Phi) is 6.83. The summed E-state index contributed by atoms with van der Waals surface area (Å²) in [6, 6.07) is 8.18. The standard InChI is InChI=1S/C22H34ClN5O/c1-24-21(28-10-6-22(17-28)7-15-29-18-22)25-8-3-9-26-11-13-27(14-12-26)20-5-2-4-19(23)16-20/h2,4-5,16H,3,6-15,17-18H2,1H3,(H,24,25). The Bertz CT molecular complexity index is 698. The number of ether oxygens (including phenoxy) is 1. The van der Waals surface area contributed by atoms with Gasteiger partial charge in [-0.2, -0.15) is 0 Å². The maximum Gasteiger partial charge on any atom is 0.193 e. The van der Waals surface area contributed by atoms with Crippen LogP contribution >= 0.6 is 11.6 Å². The van der Waals surface area contributed by atoms with E-state index in [2.05, 4.69) is 37.1 Å². The van der Waals surface area contributed by atoms with Gasteiger partial charge in [0, 0.05) is 75.6 Å². The Hall–Kier alpha value is -1.50. The van der Waals surface area contributed by atoms with E-state index in [1.54, 1.807) is 0 Å². The van der Waals surface area contributed by atoms with Crippen LogP contribution in [-0.2, 0) is 4.74 Å². The summed E-state index contributed by atoms with van der Waals surface area (Å²) >= 11 is 6.13. The second-order valence-corrected chi connectivity index (χ2v) is 9.05. The molecule has 0 radical (unpaired) electrons. The van der Waals surface area contributed by atoms with Crippen LogP contribution in [-0.4, -0.2) is 88.4 Å². The third-order valence-corrected chi connectivity index (χ3v) is 6.85. The van der Waals surface area contributed by atoms with Crippen molar-refractivity contribution < 1.29 is 4.74 Å². The van der Waals surface area contributed by atoms with E-state index in [4.69, 9.17) is 16.3 Å². The summed E-state index contributed by atoms with van der Waals surface area (Å²) in [5, 5.41) is 4.40. The molecule has 0 aromatic heterocycles. The van der Waals surface area contributed by atoms with E-state index >= 15 is 0 Å². The smallest absolute Gasteiger partial charge is 0.193 e. The molecule has 1 aromatic rings. The molecule has 3 aliphatic rings. The summed E-state index contributed by atoms with van der Waals surface area (Å²) in [4.78, 5) is 11.9. The minimum Gasteiger partial charge on any atom is -0.381 e. The summed E-state index contributed by atoms with van der Waals surface area (Å²) in [7, 11) is 1.90. The number of nitrogens with zero attached hydrogens (tertiary/aromatic N) is 4. The van der Waals surface area contributed by atoms with Crippen molar-refractivity contribution >= 4 is 23.2 Å². The monoisotopic (exact) mass is 419 g/mol. The number of rotatable bonds is 5. The number of piperazine rings is 1. The van der Waals surface area contributed by atoms with Gasteiger partial charge in [0.05, 0.1) is 6.61 Å². The first kappa shape index (κ1) is 20.8. The number of halogens is 1. The van der Waals surface area contributed by atoms with Gasteiger partial charge in [-0.1, -0.05) is 17.7 Å². The van der Waals surface area contributed by atoms with Gasteiger partial charge in [-0.3, -0.25) is 9.89 Å². The van der Waals surface area contributed by atoms with Gasteiger partial charge in [-0.25, -0.2) is 0 Å². The molecule has 0 bridgehead atoms. The molecule has 1 unspecified atom stereocenters. The quantitative estimate of drug-likeness (QED) is 0.451. The van der Waals surface area contributed by atoms with Crippen LogP contribution in [0.15, 0.2) is 29.3 Å². The largest absolute Gasteiger partial charge is 0.381 e. The highest BCUT2D eigenvalue weighted by molar-refractivity contribution is 6.30. The zero-order valence-electron chi connectivity index (χ0n) is 17.6. The fourth-order valence-electron chi connectivity index (χ4n) is 4.82. The number of benzene rings is 1. The zero-order chi connectivity index (χ0) is 20.1. The Labute approximate surface area is 179 Å². The van der Waals surface area contributed by atoms with Crippen molar-refractivity contribution in [1.29, 1.82) is 0 Å². The molecule has 0 amide bonds. The number of likely N-dealkylation sites (tertiary alicyclic amines) is 1. The normalized spacial score (nSPS) is 25.9. The predicted molar refractivity (Wildman–Crippen MR) is 120 cm³/mol. The van der Waals surface area contributed by atoms with Gasteiger partial charge in [-0.15, -0.1) is 0 Å². The lowest BCUT2D eigenvalue weighted by molar-refractivity contribution is 0.156. The molecule has 29 heavy (non-hydrogen) atoms. The lowest BCUT2D eigenvalue weighted by Gasteiger charge is -2.36. The lowest BCUT2D eigenvalue weighted by atomic mass is 9.87. The molecule has 7 heteroatoms. The molecule has 1 spiro atoms. The molecule has 3 fully saturated rings. The van der Waals surface area contributed by atoms with Gasteiger partial charge in [0.1, 0.15) is 0 Å². The molecule has 3 heterocycles. The Morgan fingerprint density at radius 2 is 2.07 bits per heavy atom. The third kappa shape index (κ3) is 5.16. The minimum absolute atomic E-state index is 0.375. The molecule has 3 saturated heterocycles. The number of hydrogen-bond donors (Lipinski definition) is 1. The highest BCUT2D eigenvalue weighted by Gasteiger charge is 2.42. The van der Waals surface area contributed by atoms with Gasteiger partial charge in [-0.05, 0) is 44.0 Å². The van der Waals surface area contributed by atoms with Crippen molar-refractivity contribution in [2.24, 2.45) is 10.4 Å². The molecule has 3 aliphatic heterocycles. The Morgan fingerprint density at radius 3 is 2.79 bits per heavy atom. The van der Waals surface area contributed by atoms with Crippen LogP contribution in [0.25, 0.3) is 0 Å². The van der Waals surface area contributed by atoms with Crippen molar-refractivity contribution in [2.45, 2.75) is 19.3 Å². The number of guanidine groups is 1. The first-order valence-corrected chi connectivity index (χ1v) is 11.3. The first-order valence-electron chi connectivity index (χ1n) is 10.9. The highest BCUT2D eigenvalue weighted by Crippen LogP contribution is 2.38. The number of aliphatic imine (C=N–C) groups is 1. The first-order chi connectivity index (χ1) is 14.2. The molecule has 0 aliphatic carbocycles. The third-order valence-electron chi connectivity index (χ3n) is 6.61. The van der Waals surface area contributed by atoms with Crippen molar-refractivity contribution in [1.82, 2.24) is 15.1 Å². The topological polar surface area (TPSA) is 43.3 Å². The van der Waals surface area contributed by atoms with Crippen molar-refractivity contribution in [3.05, 3.63) is 29.3 Å². The lowest BCUT2D eigenvalue weighted by Crippen LogP contribution is -2.47. The molecular weight excluding hydrogens is 386 g/mol. The van der Waals surface area contributed by atoms with Crippen molar-refractivity contribution in [3.63, 3.8) is 0 Å². The van der Waals surface area contributed by atoms with Gasteiger partial charge >= 0.3 is 0 Å². The van der Waals surface area contributed by atoms with E-state index in [0.29, 0.717) is 5.41 Å². The van der Waals surface area contributed by atoms with Crippen LogP contribution < -0.4 is 10.2 Å². The molecule has 6 nitrogen and oxygen atoms in total. The molecule has 4 rings (SSSR count). The van der Waals surface area contributed by atoms with Gasteiger partial charge in [0.25, 0.3) is 0 Å². The second kappa shape index (κ2) is 9.54. The molecule has 1 aromatic carbocycles. The molecule has 0 saturated carbocycles. The van der Waals surface area contributed by atoms with Gasteiger partial charge < -0.3 is 19.9 Å². The molecule has 1 atom stereocenters. The van der Waals surface area contributed by atoms with Gasteiger partial charge in [0.15, 0.2) is 5.96 Å². The van der Waals surface area contributed by atoms with Crippen molar-refractivity contribution in [3.8, 4) is 0 Å². The second-order valence-electron chi connectivity index (χ2n) is 8.61. The fourth-order valence-corrected chi connectivity index (χ4v) is 5.01. The molecule has 1 N–H and O–H groups in total. The van der Waals surface area contributed by atoms with Gasteiger partial charge in [0.2, 0.25) is 0 Å². The van der Waals surface area contributed by atoms with Crippen LogP contribution in [0.1, 0.15) is 19.3 Å². The van der Waals surface area contributed by atoms with E-state index < -0.39 is 0 Å². The van der Waals surface area contributed by atoms with Crippen LogP contribution in [0.2, 0.25) is 5.02 Å². The summed E-state index contributed by atoms with van der Waals surface area (Å²) in [6.45, 7) is 10.5. The highest BCUT2D eigenvalue weighted by atomic mass is 35.5. The predicted octanol–water partition coefficient (Wildman–Crippen LogP) is 2.54. The zero-order valence-corrected chi connectivity index (χ0v) is 18.3. The number of nitrogens with one attached hydrogen (secondary N) is 1. The average Bonchev–Trinajstić information content (AvgIpc) is 3.38. The van der Waals surface area contributed by atoms with Crippen LogP contribution in [0.3, 0.4) is 0 Å². The van der Waals surface area contributed by atoms with E-state index in [1.807, 2.05) is 19.2 Å². The maximum atomic E-state index is 6.13. The van der Waals surface area contributed by atoms with Crippen LogP contribution in [0.5, 0.6) is 0 Å². The van der Waals surface area contributed by atoms with E-state index in [9.17, 15) is 0 Å². The Balaban J connectivity index is 1.15. The van der Waals surface area contributed by atoms with Crippen molar-refractivity contribution in [2.75, 3.05) is 77.5 Å². The van der Waals surface area contributed by atoms with Crippen LogP contribution in [0, 0.1) is 5.41 Å². The maximum absolute atomic E-state index is 6.13. The van der Waals surface area contributed by atoms with E-state index in [-0.39, 0.29) is 0 Å². The summed E-state index contributed by atoms with van der Waals surface area (Å²) < 4.78 is 5.65. The molecule has 160 valence electrons. The van der Waals surface area contributed by atoms with Crippen LogP contribution in [0.4, 0.5) is 5.69 Å². The Morgan fingerprint density at radius 1 is 1.21 bits per heavy atom. The average molecular weight is 420 g/mol. The minimum atomic E-state index is 0.375. The summed E-state index contributed by atoms with van der Waals surface area (Å²) in [6.07, 6.45) is 3.56. The SMILES string of the molecule is CN=C(NCCCN1CCN(c2cccc(Cl)c2)CC1)N1CCC2(CCOC2)C1. The van der Waals surface area contributed by atoms with E-state index in [0.717, 1.165) is 83.0 Å². The summed E-state index contributed by atoms with van der Waals surface area (Å²) in [5.41, 5.74) is 1.61. The summed E-state index contributed by atoms with van der Waals surface area (Å²) in [5.74, 6) is 1.06. The number of anilines is 1. The number of hydrogen-bond acceptors (Lipinski definition) is 4.